The van der Waals surface area contributed by atoms with E-state index in [0.29, 0.717) is 0 Å². The van der Waals surface area contributed by atoms with Crippen LogP contribution in [0.5, 0.6) is 11.5 Å². The summed E-state index contributed by atoms with van der Waals surface area (Å²) < 4.78 is 14.8. The van der Waals surface area contributed by atoms with Gasteiger partial charge in [-0.25, -0.2) is 0 Å². The molecule has 5 nitrogen and oxygen atoms in total. The van der Waals surface area contributed by atoms with Crippen LogP contribution in [0.2, 0.25) is 0 Å². The van der Waals surface area contributed by atoms with Crippen LogP contribution in [-0.2, 0) is 6.42 Å². The maximum atomic E-state index is 5.35. The van der Waals surface area contributed by atoms with Crippen LogP contribution in [0.1, 0.15) is 35.5 Å². The maximum Gasteiger partial charge on any atom is 0.122 e. The zero-order chi connectivity index (χ0) is 15.2. The highest BCUT2D eigenvalue weighted by Gasteiger charge is 2.20. The SMILES string of the molecule is CCCc1nnsc1C(NC)c1cc(OC)cc(OC)c1. The summed E-state index contributed by atoms with van der Waals surface area (Å²) in [6.45, 7) is 2.14. The number of methoxy groups -OCH3 is 2. The second-order valence-corrected chi connectivity index (χ2v) is 5.49. The minimum atomic E-state index is 0.0375. The molecule has 2 rings (SSSR count). The molecule has 0 spiro atoms. The largest absolute Gasteiger partial charge is 0.497 e. The van der Waals surface area contributed by atoms with Crippen molar-refractivity contribution in [3.63, 3.8) is 0 Å². The lowest BCUT2D eigenvalue weighted by molar-refractivity contribution is 0.392. The van der Waals surface area contributed by atoms with Gasteiger partial charge in [0.2, 0.25) is 0 Å². The molecule has 1 aromatic carbocycles. The number of nitrogens with one attached hydrogen (secondary N) is 1. The Hall–Kier alpha value is -1.66. The van der Waals surface area contributed by atoms with Crippen molar-refractivity contribution in [3.05, 3.63) is 34.3 Å². The Balaban J connectivity index is 2.43. The van der Waals surface area contributed by atoms with Crippen molar-refractivity contribution < 1.29 is 9.47 Å². The third-order valence-corrected chi connectivity index (χ3v) is 4.16. The van der Waals surface area contributed by atoms with Gasteiger partial charge in [0.25, 0.3) is 0 Å². The normalized spacial score (nSPS) is 12.2. The third kappa shape index (κ3) is 3.51. The van der Waals surface area contributed by atoms with E-state index in [0.717, 1.165) is 40.5 Å². The minimum absolute atomic E-state index is 0.0375. The van der Waals surface area contributed by atoms with Crippen LogP contribution in [-0.4, -0.2) is 30.9 Å². The van der Waals surface area contributed by atoms with Crippen LogP contribution in [0.15, 0.2) is 18.2 Å². The van der Waals surface area contributed by atoms with E-state index in [1.807, 2.05) is 25.2 Å². The molecule has 21 heavy (non-hydrogen) atoms. The summed E-state index contributed by atoms with van der Waals surface area (Å²) in [7, 11) is 5.25. The molecule has 1 aromatic heterocycles. The molecule has 1 atom stereocenters. The molecule has 0 amide bonds. The maximum absolute atomic E-state index is 5.35. The molecule has 0 aliphatic rings. The lowest BCUT2D eigenvalue weighted by Gasteiger charge is -2.17. The van der Waals surface area contributed by atoms with Gasteiger partial charge in [-0.1, -0.05) is 17.8 Å². The fourth-order valence-electron chi connectivity index (χ4n) is 2.29. The van der Waals surface area contributed by atoms with Gasteiger partial charge in [0.1, 0.15) is 11.5 Å². The van der Waals surface area contributed by atoms with Crippen LogP contribution in [0.3, 0.4) is 0 Å². The van der Waals surface area contributed by atoms with Gasteiger partial charge in [0.15, 0.2) is 0 Å². The van der Waals surface area contributed by atoms with Gasteiger partial charge in [0.05, 0.1) is 30.8 Å². The Labute approximate surface area is 129 Å². The number of hydrogen-bond donors (Lipinski definition) is 1. The molecule has 0 radical (unpaired) electrons. The molecule has 0 saturated carbocycles. The summed E-state index contributed by atoms with van der Waals surface area (Å²) in [5.41, 5.74) is 2.14. The Morgan fingerprint density at radius 2 is 1.86 bits per heavy atom. The smallest absolute Gasteiger partial charge is 0.122 e. The van der Waals surface area contributed by atoms with Crippen LogP contribution >= 0.6 is 11.5 Å². The number of ether oxygens (including phenoxy) is 2. The molecule has 6 heteroatoms. The lowest BCUT2D eigenvalue weighted by Crippen LogP contribution is -2.18. The molecule has 1 heterocycles. The van der Waals surface area contributed by atoms with E-state index in [1.165, 1.54) is 11.5 Å². The van der Waals surface area contributed by atoms with Crippen molar-refractivity contribution in [1.82, 2.24) is 14.9 Å². The van der Waals surface area contributed by atoms with E-state index < -0.39 is 0 Å². The second kappa shape index (κ2) is 7.38. The van der Waals surface area contributed by atoms with Crippen molar-refractivity contribution in [2.24, 2.45) is 0 Å². The Bertz CT molecular complexity index is 564. The van der Waals surface area contributed by atoms with Crippen molar-refractivity contribution in [3.8, 4) is 11.5 Å². The molecule has 0 aliphatic heterocycles. The first-order chi connectivity index (χ1) is 10.2. The number of benzene rings is 1. The third-order valence-electron chi connectivity index (χ3n) is 3.33. The van der Waals surface area contributed by atoms with Crippen molar-refractivity contribution >= 4 is 11.5 Å². The first kappa shape index (κ1) is 15.7. The van der Waals surface area contributed by atoms with Gasteiger partial charge in [-0.15, -0.1) is 5.10 Å². The zero-order valence-corrected chi connectivity index (χ0v) is 13.7. The topological polar surface area (TPSA) is 56.3 Å². The van der Waals surface area contributed by atoms with Crippen LogP contribution in [0.25, 0.3) is 0 Å². The highest BCUT2D eigenvalue weighted by atomic mass is 32.1. The van der Waals surface area contributed by atoms with E-state index in [9.17, 15) is 0 Å². The Morgan fingerprint density at radius 1 is 1.19 bits per heavy atom. The van der Waals surface area contributed by atoms with Crippen molar-refractivity contribution in [1.29, 1.82) is 0 Å². The average molecular weight is 307 g/mol. The van der Waals surface area contributed by atoms with E-state index in [1.54, 1.807) is 14.2 Å². The molecule has 1 unspecified atom stereocenters. The molecule has 0 saturated heterocycles. The Morgan fingerprint density at radius 3 is 2.38 bits per heavy atom. The van der Waals surface area contributed by atoms with Gasteiger partial charge in [-0.2, -0.15) is 0 Å². The number of aromatic nitrogens is 2. The van der Waals surface area contributed by atoms with Gasteiger partial charge in [-0.3, -0.25) is 0 Å². The lowest BCUT2D eigenvalue weighted by atomic mass is 10.0. The quantitative estimate of drug-likeness (QED) is 0.852. The summed E-state index contributed by atoms with van der Waals surface area (Å²) in [5, 5.41) is 7.59. The number of hydrogen-bond acceptors (Lipinski definition) is 6. The fourth-order valence-corrected chi connectivity index (χ4v) is 3.13. The van der Waals surface area contributed by atoms with E-state index in [4.69, 9.17) is 9.47 Å². The molecular weight excluding hydrogens is 286 g/mol. The highest BCUT2D eigenvalue weighted by molar-refractivity contribution is 7.05. The summed E-state index contributed by atoms with van der Waals surface area (Å²) in [5.74, 6) is 1.55. The van der Waals surface area contributed by atoms with Crippen molar-refractivity contribution in [2.45, 2.75) is 25.8 Å². The van der Waals surface area contributed by atoms with Gasteiger partial charge >= 0.3 is 0 Å². The fraction of sp³-hybridized carbons (Fsp3) is 0.467. The molecule has 0 fully saturated rings. The van der Waals surface area contributed by atoms with Crippen LogP contribution in [0, 0.1) is 0 Å². The monoisotopic (exact) mass is 307 g/mol. The first-order valence-corrected chi connectivity index (χ1v) is 7.72. The molecular formula is C15H21N3O2S. The summed E-state index contributed by atoms with van der Waals surface area (Å²) in [4.78, 5) is 1.15. The van der Waals surface area contributed by atoms with Crippen molar-refractivity contribution in [2.75, 3.05) is 21.3 Å². The number of nitrogens with zero attached hydrogens (tertiary/aromatic N) is 2. The predicted molar refractivity (Wildman–Crippen MR) is 84.4 cm³/mol. The van der Waals surface area contributed by atoms with Gasteiger partial charge in [-0.05, 0) is 42.7 Å². The zero-order valence-electron chi connectivity index (χ0n) is 12.8. The standard InChI is InChI=1S/C15H21N3O2S/c1-5-6-13-15(21-18-17-13)14(16-2)10-7-11(19-3)9-12(8-10)20-4/h7-9,14,16H,5-6H2,1-4H3. The van der Waals surface area contributed by atoms with E-state index in [2.05, 4.69) is 21.8 Å². The Kier molecular flexibility index (Phi) is 5.52. The van der Waals surface area contributed by atoms with E-state index in [-0.39, 0.29) is 6.04 Å². The second-order valence-electron chi connectivity index (χ2n) is 4.70. The number of rotatable bonds is 7. The summed E-state index contributed by atoms with van der Waals surface area (Å²) in [6.07, 6.45) is 1.99. The van der Waals surface area contributed by atoms with Gasteiger partial charge in [0, 0.05) is 6.07 Å². The molecule has 114 valence electrons. The molecule has 2 aromatic rings. The van der Waals surface area contributed by atoms with Crippen LogP contribution < -0.4 is 14.8 Å². The number of aryl methyl sites for hydroxylation is 1. The van der Waals surface area contributed by atoms with Crippen LogP contribution in [0.4, 0.5) is 0 Å². The first-order valence-electron chi connectivity index (χ1n) is 6.94. The predicted octanol–water partition coefficient (Wildman–Crippen LogP) is 2.82. The minimum Gasteiger partial charge on any atom is -0.497 e. The summed E-state index contributed by atoms with van der Waals surface area (Å²) in [6, 6.07) is 5.93. The molecule has 1 N–H and O–H groups in total. The average Bonchev–Trinajstić information content (AvgIpc) is 2.96. The molecule has 0 bridgehead atoms. The van der Waals surface area contributed by atoms with E-state index >= 15 is 0 Å². The summed E-state index contributed by atoms with van der Waals surface area (Å²) >= 11 is 1.44. The van der Waals surface area contributed by atoms with Gasteiger partial charge < -0.3 is 14.8 Å². The highest BCUT2D eigenvalue weighted by Crippen LogP contribution is 2.32. The molecule has 0 aliphatic carbocycles.